The van der Waals surface area contributed by atoms with E-state index in [1.54, 1.807) is 5.01 Å². The molecule has 0 aliphatic carbocycles. The number of piperazine rings is 1. The van der Waals surface area contributed by atoms with E-state index in [1.165, 1.54) is 12.1 Å². The van der Waals surface area contributed by atoms with Crippen molar-refractivity contribution in [2.45, 2.75) is 46.2 Å². The summed E-state index contributed by atoms with van der Waals surface area (Å²) in [4.78, 5) is 9.38. The number of hydrogen-bond donors (Lipinski definition) is 0. The Morgan fingerprint density at radius 3 is 2.33 bits per heavy atom. The standard InChI is InChI=1S/C22H28F3N5/c1-5-15-12-17(22(23,24)25)13-18-19(15)26-21(29-9-7-28(4)8-10-29)30-20(18)16(6-2)11-14(3)27-30/h12-13H,5-11H2,1-4H3. The summed E-state index contributed by atoms with van der Waals surface area (Å²) in [5, 5.41) is 6.55. The van der Waals surface area contributed by atoms with Crippen molar-refractivity contribution < 1.29 is 13.2 Å². The first-order valence-corrected chi connectivity index (χ1v) is 10.6. The number of hydrogen-bond acceptors (Lipinski definition) is 5. The van der Waals surface area contributed by atoms with E-state index in [4.69, 9.17) is 10.1 Å². The molecule has 0 bridgehead atoms. The number of halogens is 3. The molecule has 0 atom stereocenters. The maximum absolute atomic E-state index is 13.6. The lowest BCUT2D eigenvalue weighted by Crippen LogP contribution is -2.52. The van der Waals surface area contributed by atoms with Gasteiger partial charge < -0.3 is 9.80 Å². The summed E-state index contributed by atoms with van der Waals surface area (Å²) in [6.07, 6.45) is -2.48. The molecule has 0 radical (unpaired) electrons. The van der Waals surface area contributed by atoms with Crippen molar-refractivity contribution in [3.8, 4) is 0 Å². The molecule has 0 spiro atoms. The van der Waals surface area contributed by atoms with Gasteiger partial charge in [0.1, 0.15) is 0 Å². The normalized spacial score (nSPS) is 20.1. The van der Waals surface area contributed by atoms with Crippen LogP contribution in [0, 0.1) is 0 Å². The van der Waals surface area contributed by atoms with Crippen LogP contribution >= 0.6 is 0 Å². The van der Waals surface area contributed by atoms with Crippen molar-refractivity contribution in [1.29, 1.82) is 0 Å². The summed E-state index contributed by atoms with van der Waals surface area (Å²) >= 11 is 0. The van der Waals surface area contributed by atoms with E-state index in [0.29, 0.717) is 29.7 Å². The fraction of sp³-hybridized carbons (Fsp3) is 0.545. The van der Waals surface area contributed by atoms with Gasteiger partial charge in [-0.2, -0.15) is 23.3 Å². The number of aryl methyl sites for hydroxylation is 1. The number of aliphatic imine (C=N–C) groups is 1. The predicted molar refractivity (Wildman–Crippen MR) is 114 cm³/mol. The molecule has 162 valence electrons. The van der Waals surface area contributed by atoms with Gasteiger partial charge in [-0.15, -0.1) is 0 Å². The van der Waals surface area contributed by atoms with Crippen LogP contribution < -0.4 is 0 Å². The average Bonchev–Trinajstić information content (AvgIpc) is 2.71. The Balaban J connectivity index is 1.94. The number of guanidine groups is 1. The molecule has 3 aliphatic rings. The van der Waals surface area contributed by atoms with Crippen molar-refractivity contribution in [3.05, 3.63) is 34.4 Å². The van der Waals surface area contributed by atoms with Gasteiger partial charge in [-0.1, -0.05) is 13.8 Å². The fourth-order valence-corrected chi connectivity index (χ4v) is 4.34. The molecule has 1 fully saturated rings. The lowest BCUT2D eigenvalue weighted by molar-refractivity contribution is -0.137. The SMILES string of the molecule is CCC1=C2c3cc(C(F)(F)F)cc(CC)c3N=C(N3CCN(C)CC3)N2N=C(C)C1. The first-order chi connectivity index (χ1) is 14.2. The second kappa shape index (κ2) is 7.72. The number of rotatable bonds is 2. The molecule has 1 aromatic carbocycles. The second-order valence-corrected chi connectivity index (χ2v) is 8.21. The zero-order valence-corrected chi connectivity index (χ0v) is 18.0. The fourth-order valence-electron chi connectivity index (χ4n) is 4.34. The van der Waals surface area contributed by atoms with Crippen molar-refractivity contribution in [2.24, 2.45) is 10.1 Å². The molecular weight excluding hydrogens is 391 g/mol. The number of hydrazone groups is 1. The lowest BCUT2D eigenvalue weighted by Gasteiger charge is -2.42. The third kappa shape index (κ3) is 3.62. The molecule has 3 heterocycles. The molecule has 5 nitrogen and oxygen atoms in total. The highest BCUT2D eigenvalue weighted by Gasteiger charge is 2.38. The Bertz CT molecular complexity index is 937. The van der Waals surface area contributed by atoms with Crippen LogP contribution in [-0.2, 0) is 12.6 Å². The molecule has 4 rings (SSSR count). The lowest BCUT2D eigenvalue weighted by atomic mass is 9.92. The molecule has 0 unspecified atom stereocenters. The third-order valence-electron chi connectivity index (χ3n) is 6.05. The molecule has 3 aliphatic heterocycles. The minimum absolute atomic E-state index is 0.489. The van der Waals surface area contributed by atoms with Crippen molar-refractivity contribution in [1.82, 2.24) is 14.8 Å². The van der Waals surface area contributed by atoms with Gasteiger partial charge in [0.25, 0.3) is 0 Å². The molecule has 0 aromatic heterocycles. The Morgan fingerprint density at radius 1 is 1.03 bits per heavy atom. The molecule has 0 amide bonds. The molecule has 0 N–H and O–H groups in total. The molecular formula is C22H28F3N5. The maximum Gasteiger partial charge on any atom is 0.416 e. The number of nitrogens with zero attached hydrogens (tertiary/aromatic N) is 5. The summed E-state index contributed by atoms with van der Waals surface area (Å²) in [6, 6.07) is 2.51. The number of benzene rings is 1. The van der Waals surface area contributed by atoms with Crippen LogP contribution in [0.25, 0.3) is 5.70 Å². The molecule has 30 heavy (non-hydrogen) atoms. The first-order valence-electron chi connectivity index (χ1n) is 10.6. The number of allylic oxidation sites excluding steroid dienone is 1. The van der Waals surface area contributed by atoms with Crippen molar-refractivity contribution in [3.63, 3.8) is 0 Å². The Morgan fingerprint density at radius 2 is 1.73 bits per heavy atom. The van der Waals surface area contributed by atoms with Crippen LogP contribution in [-0.4, -0.2) is 59.7 Å². The topological polar surface area (TPSA) is 34.4 Å². The van der Waals surface area contributed by atoms with Crippen molar-refractivity contribution >= 4 is 23.1 Å². The second-order valence-electron chi connectivity index (χ2n) is 8.21. The highest BCUT2D eigenvalue weighted by Crippen LogP contribution is 2.45. The zero-order valence-electron chi connectivity index (χ0n) is 18.0. The third-order valence-corrected chi connectivity index (χ3v) is 6.05. The van der Waals surface area contributed by atoms with E-state index in [0.717, 1.165) is 55.5 Å². The number of fused-ring (bicyclic) bond motifs is 3. The minimum Gasteiger partial charge on any atom is -0.338 e. The van der Waals surface area contributed by atoms with Gasteiger partial charge >= 0.3 is 6.18 Å². The summed E-state index contributed by atoms with van der Waals surface area (Å²) in [7, 11) is 2.09. The minimum atomic E-state index is -4.40. The van der Waals surface area contributed by atoms with E-state index < -0.39 is 11.7 Å². The molecule has 1 saturated heterocycles. The van der Waals surface area contributed by atoms with Gasteiger partial charge in [0.05, 0.1) is 16.9 Å². The van der Waals surface area contributed by atoms with E-state index in [-0.39, 0.29) is 0 Å². The highest BCUT2D eigenvalue weighted by atomic mass is 19.4. The van der Waals surface area contributed by atoms with Crippen LogP contribution in [0.4, 0.5) is 18.9 Å². The molecule has 0 saturated carbocycles. The van der Waals surface area contributed by atoms with E-state index in [1.807, 2.05) is 13.8 Å². The van der Waals surface area contributed by atoms with E-state index in [9.17, 15) is 13.2 Å². The van der Waals surface area contributed by atoms with Gasteiger partial charge in [0.2, 0.25) is 5.96 Å². The number of likely N-dealkylation sites (N-methyl/N-ethyl adjacent to an activating group) is 1. The Labute approximate surface area is 175 Å². The van der Waals surface area contributed by atoms with E-state index in [2.05, 4.69) is 23.8 Å². The van der Waals surface area contributed by atoms with E-state index >= 15 is 0 Å². The van der Waals surface area contributed by atoms with Gasteiger partial charge in [0.15, 0.2) is 0 Å². The monoisotopic (exact) mass is 419 g/mol. The highest BCUT2D eigenvalue weighted by molar-refractivity contribution is 6.02. The van der Waals surface area contributed by atoms with Gasteiger partial charge in [-0.3, -0.25) is 0 Å². The largest absolute Gasteiger partial charge is 0.416 e. The molecule has 8 heteroatoms. The van der Waals surface area contributed by atoms with Crippen molar-refractivity contribution in [2.75, 3.05) is 33.2 Å². The smallest absolute Gasteiger partial charge is 0.338 e. The zero-order chi connectivity index (χ0) is 21.6. The van der Waals surface area contributed by atoms with Gasteiger partial charge in [0, 0.05) is 43.9 Å². The van der Waals surface area contributed by atoms with Gasteiger partial charge in [-0.25, -0.2) is 4.99 Å². The summed E-state index contributed by atoms with van der Waals surface area (Å²) in [5.41, 5.74) is 4.04. The first kappa shape index (κ1) is 20.9. The summed E-state index contributed by atoms with van der Waals surface area (Å²) in [5.74, 6) is 0.727. The summed E-state index contributed by atoms with van der Waals surface area (Å²) in [6.45, 7) is 9.34. The predicted octanol–water partition coefficient (Wildman–Crippen LogP) is 4.72. The van der Waals surface area contributed by atoms with Crippen LogP contribution in [0.2, 0.25) is 0 Å². The quantitative estimate of drug-likeness (QED) is 0.696. The van der Waals surface area contributed by atoms with Crippen LogP contribution in [0.15, 0.2) is 27.8 Å². The van der Waals surface area contributed by atoms with Gasteiger partial charge in [-0.05, 0) is 50.1 Å². The average molecular weight is 419 g/mol. The van der Waals surface area contributed by atoms with Crippen LogP contribution in [0.1, 0.15) is 50.3 Å². The number of alkyl halides is 3. The van der Waals surface area contributed by atoms with Crippen LogP contribution in [0.5, 0.6) is 0 Å². The Hall–Kier alpha value is -2.35. The maximum atomic E-state index is 13.6. The molecule has 1 aromatic rings. The Kier molecular flexibility index (Phi) is 5.38. The van der Waals surface area contributed by atoms with Crippen LogP contribution in [0.3, 0.4) is 0 Å². The summed E-state index contributed by atoms with van der Waals surface area (Å²) < 4.78 is 40.9.